The van der Waals surface area contributed by atoms with E-state index < -0.39 is 30.5 Å². The van der Waals surface area contributed by atoms with Crippen molar-refractivity contribution in [3.05, 3.63) is 41.9 Å². The van der Waals surface area contributed by atoms with Gasteiger partial charge in [0.2, 0.25) is 0 Å². The van der Waals surface area contributed by atoms with Crippen LogP contribution in [0, 0.1) is 0 Å². The molecule has 0 bridgehead atoms. The SMILES string of the molecule is CCCS(=O)(=O)c1c(S(=O)(=O)CCC)c2ccccn2c1C(=O)NNC=C(C)C. The fourth-order valence-corrected chi connectivity index (χ4v) is 6.99. The summed E-state index contributed by atoms with van der Waals surface area (Å²) in [5.74, 6) is -1.22. The summed E-state index contributed by atoms with van der Waals surface area (Å²) < 4.78 is 53.6. The summed E-state index contributed by atoms with van der Waals surface area (Å²) in [6.07, 6.45) is 3.64. The van der Waals surface area contributed by atoms with Crippen LogP contribution in [0.3, 0.4) is 0 Å². The van der Waals surface area contributed by atoms with Gasteiger partial charge in [0.25, 0.3) is 5.91 Å². The fraction of sp³-hybridized carbons (Fsp3) is 0.421. The molecular weight excluding hydrogens is 414 g/mol. The van der Waals surface area contributed by atoms with Gasteiger partial charge in [-0.3, -0.25) is 10.2 Å². The predicted octanol–water partition coefficient (Wildman–Crippen LogP) is 2.46. The summed E-state index contributed by atoms with van der Waals surface area (Å²) >= 11 is 0. The minimum atomic E-state index is -4.03. The van der Waals surface area contributed by atoms with Crippen molar-refractivity contribution in [3.8, 4) is 0 Å². The number of fused-ring (bicyclic) bond motifs is 1. The monoisotopic (exact) mass is 441 g/mol. The van der Waals surface area contributed by atoms with Crippen LogP contribution in [-0.2, 0) is 19.7 Å². The van der Waals surface area contributed by atoms with E-state index in [2.05, 4.69) is 10.9 Å². The topological polar surface area (TPSA) is 114 Å². The lowest BCUT2D eigenvalue weighted by atomic mass is 10.4. The van der Waals surface area contributed by atoms with E-state index in [0.717, 1.165) is 5.57 Å². The number of nitrogens with one attached hydrogen (secondary N) is 2. The van der Waals surface area contributed by atoms with Crippen molar-refractivity contribution in [1.29, 1.82) is 0 Å². The van der Waals surface area contributed by atoms with Crippen molar-refractivity contribution in [2.75, 3.05) is 11.5 Å². The van der Waals surface area contributed by atoms with Crippen LogP contribution in [-0.4, -0.2) is 38.6 Å². The lowest BCUT2D eigenvalue weighted by Crippen LogP contribution is -2.35. The summed E-state index contributed by atoms with van der Waals surface area (Å²) in [5, 5.41) is 0. The van der Waals surface area contributed by atoms with Gasteiger partial charge in [-0.2, -0.15) is 0 Å². The number of allylic oxidation sites excluding steroid dienone is 1. The van der Waals surface area contributed by atoms with Gasteiger partial charge in [-0.05, 0) is 38.8 Å². The second-order valence-electron chi connectivity index (χ2n) is 6.92. The Morgan fingerprint density at radius 2 is 1.59 bits per heavy atom. The number of nitrogens with zero attached hydrogens (tertiary/aromatic N) is 1. The second-order valence-corrected chi connectivity index (χ2v) is 11.0. The molecule has 0 fully saturated rings. The molecule has 10 heteroatoms. The van der Waals surface area contributed by atoms with Crippen LogP contribution in [0.2, 0.25) is 0 Å². The molecule has 0 saturated carbocycles. The number of carbonyl (C=O) groups excluding carboxylic acids is 1. The molecule has 0 radical (unpaired) electrons. The number of hydrogen-bond donors (Lipinski definition) is 2. The average molecular weight is 442 g/mol. The highest BCUT2D eigenvalue weighted by atomic mass is 32.2. The van der Waals surface area contributed by atoms with Gasteiger partial charge < -0.3 is 9.83 Å². The van der Waals surface area contributed by atoms with Gasteiger partial charge in [-0.1, -0.05) is 25.5 Å². The molecule has 160 valence electrons. The fourth-order valence-electron chi connectivity index (χ4n) is 3.00. The van der Waals surface area contributed by atoms with Gasteiger partial charge in [0, 0.05) is 12.4 Å². The molecule has 29 heavy (non-hydrogen) atoms. The lowest BCUT2D eigenvalue weighted by molar-refractivity contribution is 0.0931. The van der Waals surface area contributed by atoms with Crippen LogP contribution in [0.4, 0.5) is 0 Å². The number of aromatic nitrogens is 1. The van der Waals surface area contributed by atoms with Gasteiger partial charge in [-0.15, -0.1) is 0 Å². The van der Waals surface area contributed by atoms with E-state index in [1.165, 1.54) is 16.7 Å². The lowest BCUT2D eigenvalue weighted by Gasteiger charge is -2.10. The number of sulfone groups is 2. The van der Waals surface area contributed by atoms with Gasteiger partial charge in [0.1, 0.15) is 15.5 Å². The maximum atomic E-state index is 13.1. The Hall–Kier alpha value is -2.33. The molecule has 0 aliphatic heterocycles. The first kappa shape index (κ1) is 23.0. The molecule has 0 atom stereocenters. The Morgan fingerprint density at radius 1 is 1.00 bits per heavy atom. The van der Waals surface area contributed by atoms with Gasteiger partial charge in [-0.25, -0.2) is 16.8 Å². The highest BCUT2D eigenvalue weighted by Crippen LogP contribution is 2.34. The van der Waals surface area contributed by atoms with E-state index in [0.29, 0.717) is 12.8 Å². The number of amides is 1. The molecule has 0 aromatic carbocycles. The van der Waals surface area contributed by atoms with E-state index in [1.54, 1.807) is 32.2 Å². The number of hydrazine groups is 1. The van der Waals surface area contributed by atoms with Crippen LogP contribution in [0.15, 0.2) is 46.0 Å². The molecule has 2 rings (SSSR count). The van der Waals surface area contributed by atoms with Crippen molar-refractivity contribution < 1.29 is 21.6 Å². The minimum Gasteiger partial charge on any atom is -0.310 e. The maximum absolute atomic E-state index is 13.1. The van der Waals surface area contributed by atoms with Gasteiger partial charge in [0.05, 0.1) is 17.0 Å². The quantitative estimate of drug-likeness (QED) is 0.578. The Morgan fingerprint density at radius 3 is 2.14 bits per heavy atom. The summed E-state index contributed by atoms with van der Waals surface area (Å²) in [6.45, 7) is 7.02. The molecule has 2 N–H and O–H groups in total. The standard InChI is InChI=1S/C19H27N3O5S2/c1-5-11-28(24,25)17-15-9-7-8-10-22(15)16(18(17)29(26,27)12-6-2)19(23)21-20-13-14(3)4/h7-10,13,20H,5-6,11-12H2,1-4H3,(H,21,23). The molecule has 0 aliphatic carbocycles. The first-order valence-electron chi connectivity index (χ1n) is 9.34. The van der Waals surface area contributed by atoms with E-state index in [4.69, 9.17) is 0 Å². The van der Waals surface area contributed by atoms with Crippen molar-refractivity contribution in [2.45, 2.75) is 50.3 Å². The Kier molecular flexibility index (Phi) is 7.12. The van der Waals surface area contributed by atoms with Crippen molar-refractivity contribution in [1.82, 2.24) is 15.3 Å². The van der Waals surface area contributed by atoms with Gasteiger partial charge >= 0.3 is 0 Å². The zero-order valence-corrected chi connectivity index (χ0v) is 18.7. The third kappa shape index (κ3) is 4.81. The second kappa shape index (κ2) is 9.00. The van der Waals surface area contributed by atoms with Crippen LogP contribution in [0.25, 0.3) is 5.52 Å². The van der Waals surface area contributed by atoms with Crippen molar-refractivity contribution in [3.63, 3.8) is 0 Å². The van der Waals surface area contributed by atoms with E-state index in [9.17, 15) is 21.6 Å². The number of rotatable bonds is 9. The van der Waals surface area contributed by atoms with Crippen LogP contribution in [0.5, 0.6) is 0 Å². The predicted molar refractivity (Wildman–Crippen MR) is 112 cm³/mol. The number of pyridine rings is 1. The van der Waals surface area contributed by atoms with E-state index in [1.807, 2.05) is 13.8 Å². The molecule has 0 unspecified atom stereocenters. The molecule has 2 aromatic rings. The normalized spacial score (nSPS) is 12.0. The molecule has 2 heterocycles. The van der Waals surface area contributed by atoms with Crippen LogP contribution in [0.1, 0.15) is 51.0 Å². The largest absolute Gasteiger partial charge is 0.310 e. The first-order chi connectivity index (χ1) is 13.6. The maximum Gasteiger partial charge on any atom is 0.287 e. The highest BCUT2D eigenvalue weighted by Gasteiger charge is 2.36. The zero-order valence-electron chi connectivity index (χ0n) is 17.0. The molecular formula is C19H27N3O5S2. The summed E-state index contributed by atoms with van der Waals surface area (Å²) in [6, 6.07) is 4.73. The Balaban J connectivity index is 2.89. The molecule has 2 aromatic heterocycles. The average Bonchev–Trinajstić information content (AvgIpc) is 2.98. The summed E-state index contributed by atoms with van der Waals surface area (Å²) in [4.78, 5) is 12.2. The Bertz CT molecular complexity index is 1140. The number of carbonyl (C=O) groups is 1. The van der Waals surface area contributed by atoms with E-state index >= 15 is 0 Å². The molecule has 8 nitrogen and oxygen atoms in total. The molecule has 0 saturated heterocycles. The Labute approximate surface area is 171 Å². The third-order valence-corrected chi connectivity index (χ3v) is 8.16. The summed E-state index contributed by atoms with van der Waals surface area (Å²) in [7, 11) is -7.95. The molecule has 0 spiro atoms. The molecule has 1 amide bonds. The van der Waals surface area contributed by atoms with Crippen molar-refractivity contribution in [2.24, 2.45) is 0 Å². The van der Waals surface area contributed by atoms with E-state index in [-0.39, 0.29) is 27.6 Å². The van der Waals surface area contributed by atoms with Gasteiger partial charge in [0.15, 0.2) is 19.7 Å². The highest BCUT2D eigenvalue weighted by molar-refractivity contribution is 7.94. The molecule has 0 aliphatic rings. The minimum absolute atomic E-state index is 0.169. The van der Waals surface area contributed by atoms with Crippen molar-refractivity contribution >= 4 is 31.1 Å². The third-order valence-electron chi connectivity index (χ3n) is 4.08. The zero-order chi connectivity index (χ0) is 21.8. The number of hydrogen-bond acceptors (Lipinski definition) is 6. The van der Waals surface area contributed by atoms with Crippen LogP contribution < -0.4 is 10.9 Å². The van der Waals surface area contributed by atoms with Crippen LogP contribution >= 0.6 is 0 Å². The smallest absolute Gasteiger partial charge is 0.287 e. The first-order valence-corrected chi connectivity index (χ1v) is 12.6. The summed E-state index contributed by atoms with van der Waals surface area (Å²) in [5.41, 5.74) is 5.87.